The van der Waals surface area contributed by atoms with Crippen LogP contribution in [0.25, 0.3) is 0 Å². The van der Waals surface area contributed by atoms with Crippen molar-refractivity contribution in [1.29, 1.82) is 0 Å². The van der Waals surface area contributed by atoms with Gasteiger partial charge in [0.15, 0.2) is 11.5 Å². The van der Waals surface area contributed by atoms with Gasteiger partial charge in [-0.1, -0.05) is 18.2 Å². The molecule has 3 N–H and O–H groups in total. The number of phenols is 1. The molecule has 0 bridgehead atoms. The van der Waals surface area contributed by atoms with Crippen molar-refractivity contribution in [1.82, 2.24) is 14.7 Å². The minimum atomic E-state index is -0.518. The van der Waals surface area contributed by atoms with Gasteiger partial charge in [0.1, 0.15) is 0 Å². The number of fused-ring (bicyclic) bond motifs is 1. The molecule has 1 fully saturated rings. The quantitative estimate of drug-likeness (QED) is 0.614. The second kappa shape index (κ2) is 10.5. The van der Waals surface area contributed by atoms with Crippen molar-refractivity contribution in [3.63, 3.8) is 0 Å². The SMILES string of the molecule is COc1cc(CCC(C)(C)N2Cc3cccc(C(=O)N4CCN(C(=O)[C@H](C)N)CC4)c3C2)ccc1O. The Morgan fingerprint density at radius 1 is 1.08 bits per heavy atom. The van der Waals surface area contributed by atoms with Crippen molar-refractivity contribution < 1.29 is 19.4 Å². The number of rotatable bonds is 7. The second-order valence-electron chi connectivity index (χ2n) is 10.5. The van der Waals surface area contributed by atoms with E-state index >= 15 is 0 Å². The van der Waals surface area contributed by atoms with Crippen LogP contribution in [0.5, 0.6) is 11.5 Å². The number of carbonyl (C=O) groups excluding carboxylic acids is 2. The number of ether oxygens (including phenoxy) is 1. The lowest BCUT2D eigenvalue weighted by Gasteiger charge is -2.36. The summed E-state index contributed by atoms with van der Waals surface area (Å²) in [6.07, 6.45) is 1.78. The van der Waals surface area contributed by atoms with E-state index in [0.29, 0.717) is 31.9 Å². The lowest BCUT2D eigenvalue weighted by atomic mass is 9.93. The maximum absolute atomic E-state index is 13.5. The summed E-state index contributed by atoms with van der Waals surface area (Å²) in [5.41, 5.74) is 9.85. The summed E-state index contributed by atoms with van der Waals surface area (Å²) in [5.74, 6) is 0.612. The molecular formula is C28H38N4O4. The maximum atomic E-state index is 13.5. The first kappa shape index (κ1) is 26.0. The number of amides is 2. The van der Waals surface area contributed by atoms with Crippen LogP contribution in [0, 0.1) is 0 Å². The number of nitrogens with two attached hydrogens (primary N) is 1. The highest BCUT2D eigenvalue weighted by molar-refractivity contribution is 5.96. The van der Waals surface area contributed by atoms with Crippen LogP contribution >= 0.6 is 0 Å². The van der Waals surface area contributed by atoms with Crippen molar-refractivity contribution in [2.45, 2.75) is 58.3 Å². The highest BCUT2D eigenvalue weighted by Gasteiger charge is 2.35. The summed E-state index contributed by atoms with van der Waals surface area (Å²) >= 11 is 0. The summed E-state index contributed by atoms with van der Waals surface area (Å²) in [6, 6.07) is 11.0. The van der Waals surface area contributed by atoms with Crippen LogP contribution in [0.15, 0.2) is 36.4 Å². The van der Waals surface area contributed by atoms with Crippen molar-refractivity contribution >= 4 is 11.8 Å². The highest BCUT2D eigenvalue weighted by Crippen LogP contribution is 2.35. The van der Waals surface area contributed by atoms with Crippen LogP contribution in [0.4, 0.5) is 0 Å². The second-order valence-corrected chi connectivity index (χ2v) is 10.5. The van der Waals surface area contributed by atoms with E-state index in [1.165, 1.54) is 5.56 Å². The average molecular weight is 495 g/mol. The van der Waals surface area contributed by atoms with E-state index in [9.17, 15) is 14.7 Å². The molecule has 2 aliphatic rings. The van der Waals surface area contributed by atoms with E-state index in [2.05, 4.69) is 24.8 Å². The topological polar surface area (TPSA) is 99.3 Å². The van der Waals surface area contributed by atoms with E-state index in [4.69, 9.17) is 10.5 Å². The Morgan fingerprint density at radius 2 is 1.78 bits per heavy atom. The Balaban J connectivity index is 1.41. The van der Waals surface area contributed by atoms with E-state index < -0.39 is 6.04 Å². The molecule has 8 heteroatoms. The Morgan fingerprint density at radius 3 is 2.44 bits per heavy atom. The standard InChI is InChI=1S/C28H38N4O4/c1-19(29)26(34)30-12-14-31(15-13-30)27(35)22-7-5-6-21-17-32(18-23(21)22)28(2,3)11-10-20-8-9-24(33)25(16-20)36-4/h5-9,16,19,33H,10-15,17-18,29H2,1-4H3/t19-/m0/s1. The van der Waals surface area contributed by atoms with E-state index in [-0.39, 0.29) is 23.1 Å². The van der Waals surface area contributed by atoms with Gasteiger partial charge in [0.25, 0.3) is 5.91 Å². The van der Waals surface area contributed by atoms with Gasteiger partial charge >= 0.3 is 0 Å². The predicted molar refractivity (Wildman–Crippen MR) is 139 cm³/mol. The molecule has 36 heavy (non-hydrogen) atoms. The lowest BCUT2D eigenvalue weighted by molar-refractivity contribution is -0.133. The molecule has 2 aliphatic heterocycles. The molecule has 2 heterocycles. The molecule has 2 aromatic rings. The molecule has 194 valence electrons. The fourth-order valence-electron chi connectivity index (χ4n) is 5.12. The number of carbonyl (C=O) groups is 2. The van der Waals surface area contributed by atoms with Crippen molar-refractivity contribution in [3.8, 4) is 11.5 Å². The number of hydrogen-bond acceptors (Lipinski definition) is 6. The Labute approximate surface area is 213 Å². The highest BCUT2D eigenvalue weighted by atomic mass is 16.5. The van der Waals surface area contributed by atoms with Gasteiger partial charge in [-0.15, -0.1) is 0 Å². The predicted octanol–water partition coefficient (Wildman–Crippen LogP) is 2.76. The van der Waals surface area contributed by atoms with Gasteiger partial charge in [-0.2, -0.15) is 0 Å². The minimum Gasteiger partial charge on any atom is -0.504 e. The molecule has 0 radical (unpaired) electrons. The minimum absolute atomic E-state index is 0.0376. The number of methoxy groups -OCH3 is 1. The molecule has 0 aliphatic carbocycles. The molecule has 1 atom stereocenters. The molecular weight excluding hydrogens is 456 g/mol. The maximum Gasteiger partial charge on any atom is 0.254 e. The molecule has 2 aromatic carbocycles. The van der Waals surface area contributed by atoms with E-state index in [1.54, 1.807) is 25.0 Å². The number of phenolic OH excluding ortho intramolecular Hbond substituents is 1. The van der Waals surface area contributed by atoms with E-state index in [1.807, 2.05) is 29.2 Å². The fourth-order valence-corrected chi connectivity index (χ4v) is 5.12. The first-order chi connectivity index (χ1) is 17.1. The number of aryl methyl sites for hydroxylation is 1. The summed E-state index contributed by atoms with van der Waals surface area (Å²) in [7, 11) is 1.56. The zero-order valence-corrected chi connectivity index (χ0v) is 21.8. The number of nitrogens with zero attached hydrogens (tertiary/aromatic N) is 3. The van der Waals surface area contributed by atoms with Crippen LogP contribution in [0.2, 0.25) is 0 Å². The first-order valence-electron chi connectivity index (χ1n) is 12.7. The van der Waals surface area contributed by atoms with Gasteiger partial charge in [0.05, 0.1) is 13.2 Å². The van der Waals surface area contributed by atoms with Crippen molar-refractivity contribution in [3.05, 3.63) is 58.7 Å². The summed E-state index contributed by atoms with van der Waals surface area (Å²) in [4.78, 5) is 31.7. The molecule has 1 saturated heterocycles. The van der Waals surface area contributed by atoms with Gasteiger partial charge in [-0.05, 0) is 68.5 Å². The molecule has 0 spiro atoms. The lowest BCUT2D eigenvalue weighted by Crippen LogP contribution is -2.53. The number of hydrogen-bond donors (Lipinski definition) is 2. The van der Waals surface area contributed by atoms with Crippen LogP contribution < -0.4 is 10.5 Å². The zero-order chi connectivity index (χ0) is 26.0. The van der Waals surface area contributed by atoms with Crippen LogP contribution in [-0.2, 0) is 24.3 Å². The van der Waals surface area contributed by atoms with E-state index in [0.717, 1.165) is 42.6 Å². The fraction of sp³-hybridized carbons (Fsp3) is 0.500. The largest absolute Gasteiger partial charge is 0.504 e. The van der Waals surface area contributed by atoms with Crippen molar-refractivity contribution in [2.24, 2.45) is 5.73 Å². The third kappa shape index (κ3) is 5.34. The van der Waals surface area contributed by atoms with Crippen LogP contribution in [-0.4, -0.2) is 76.5 Å². The van der Waals surface area contributed by atoms with Crippen LogP contribution in [0.1, 0.15) is 54.2 Å². The van der Waals surface area contributed by atoms with Crippen LogP contribution in [0.3, 0.4) is 0 Å². The Hall–Kier alpha value is -3.10. The normalized spacial score (nSPS) is 17.1. The smallest absolute Gasteiger partial charge is 0.254 e. The van der Waals surface area contributed by atoms with Gasteiger partial charge in [-0.25, -0.2) is 0 Å². The van der Waals surface area contributed by atoms with Crippen molar-refractivity contribution in [2.75, 3.05) is 33.3 Å². The number of benzene rings is 2. The van der Waals surface area contributed by atoms with Gasteiger partial charge in [0, 0.05) is 50.4 Å². The van der Waals surface area contributed by atoms with Gasteiger partial charge in [0.2, 0.25) is 5.91 Å². The Kier molecular flexibility index (Phi) is 7.57. The zero-order valence-electron chi connectivity index (χ0n) is 21.8. The third-order valence-corrected chi connectivity index (χ3v) is 7.61. The molecule has 8 nitrogen and oxygen atoms in total. The number of aromatic hydroxyl groups is 1. The van der Waals surface area contributed by atoms with Gasteiger partial charge in [-0.3, -0.25) is 14.5 Å². The molecule has 0 saturated carbocycles. The summed E-state index contributed by atoms with van der Waals surface area (Å²) in [5, 5.41) is 9.87. The Bertz CT molecular complexity index is 1120. The summed E-state index contributed by atoms with van der Waals surface area (Å²) in [6.45, 7) is 9.79. The van der Waals surface area contributed by atoms with Gasteiger partial charge < -0.3 is 25.4 Å². The molecule has 4 rings (SSSR count). The summed E-state index contributed by atoms with van der Waals surface area (Å²) < 4.78 is 5.25. The first-order valence-corrected chi connectivity index (χ1v) is 12.7. The third-order valence-electron chi connectivity index (χ3n) is 7.61. The molecule has 0 aromatic heterocycles. The molecule has 2 amide bonds. The molecule has 0 unspecified atom stereocenters. The number of piperazine rings is 1. The average Bonchev–Trinajstić information content (AvgIpc) is 3.33. The monoisotopic (exact) mass is 494 g/mol.